The number of rotatable bonds is 5. The number of aromatic nitrogens is 1. The number of hydrogen-bond acceptors (Lipinski definition) is 3. The molecule has 1 heterocycles. The molecule has 1 aromatic heterocycles. The van der Waals surface area contributed by atoms with E-state index in [-0.39, 0.29) is 11.3 Å². The molecule has 0 aliphatic heterocycles. The van der Waals surface area contributed by atoms with Crippen molar-refractivity contribution >= 4 is 5.78 Å². The van der Waals surface area contributed by atoms with Crippen molar-refractivity contribution in [2.75, 3.05) is 7.05 Å². The monoisotopic (exact) mass is 290 g/mol. The van der Waals surface area contributed by atoms with Crippen LogP contribution >= 0.6 is 0 Å². The maximum Gasteiger partial charge on any atom is 0.182 e. The first-order valence-electron chi connectivity index (χ1n) is 6.57. The zero-order valence-corrected chi connectivity index (χ0v) is 11.9. The highest BCUT2D eigenvalue weighted by molar-refractivity contribution is 6.00. The predicted molar refractivity (Wildman–Crippen MR) is 75.9 cm³/mol. The van der Waals surface area contributed by atoms with Crippen LogP contribution in [0.1, 0.15) is 22.8 Å². The Morgan fingerprint density at radius 1 is 1.24 bits per heavy atom. The summed E-state index contributed by atoms with van der Waals surface area (Å²) in [6.07, 6.45) is 3.35. The van der Waals surface area contributed by atoms with Crippen LogP contribution in [-0.4, -0.2) is 28.8 Å². The van der Waals surface area contributed by atoms with Gasteiger partial charge in [0.25, 0.3) is 0 Å². The molecule has 1 unspecified atom stereocenters. The van der Waals surface area contributed by atoms with E-state index in [0.717, 1.165) is 17.7 Å². The third-order valence-electron chi connectivity index (χ3n) is 3.42. The third kappa shape index (κ3) is 3.70. The van der Waals surface area contributed by atoms with E-state index in [1.165, 1.54) is 6.07 Å². The van der Waals surface area contributed by atoms with Crippen LogP contribution in [0.3, 0.4) is 0 Å². The minimum absolute atomic E-state index is 0.0921. The standard InChI is InChI=1S/C16H16F2N2O/c1-11(20(2)10-12-5-7-19-8-6-12)16(21)14-4-3-13(17)9-15(14)18/h3-9,11H,10H2,1-2H3. The molecular formula is C16H16F2N2O. The molecule has 110 valence electrons. The van der Waals surface area contributed by atoms with Gasteiger partial charge >= 0.3 is 0 Å². The lowest BCUT2D eigenvalue weighted by molar-refractivity contribution is 0.0858. The third-order valence-corrected chi connectivity index (χ3v) is 3.42. The van der Waals surface area contributed by atoms with Crippen LogP contribution in [0, 0.1) is 11.6 Å². The highest BCUT2D eigenvalue weighted by Gasteiger charge is 2.22. The minimum atomic E-state index is -0.829. The number of ketones is 1. The Balaban J connectivity index is 2.11. The molecule has 2 rings (SSSR count). The lowest BCUT2D eigenvalue weighted by Gasteiger charge is -2.23. The summed E-state index contributed by atoms with van der Waals surface area (Å²) in [7, 11) is 1.78. The molecule has 0 N–H and O–H groups in total. The summed E-state index contributed by atoms with van der Waals surface area (Å²) in [5.41, 5.74) is 0.914. The van der Waals surface area contributed by atoms with Gasteiger partial charge in [0.15, 0.2) is 5.78 Å². The summed E-state index contributed by atoms with van der Waals surface area (Å²) < 4.78 is 26.6. The van der Waals surface area contributed by atoms with Crippen molar-refractivity contribution in [3.8, 4) is 0 Å². The zero-order chi connectivity index (χ0) is 15.4. The van der Waals surface area contributed by atoms with Crippen molar-refractivity contribution in [1.29, 1.82) is 0 Å². The predicted octanol–water partition coefficient (Wildman–Crippen LogP) is 3.06. The quantitative estimate of drug-likeness (QED) is 0.793. The molecule has 3 nitrogen and oxygen atoms in total. The van der Waals surface area contributed by atoms with Gasteiger partial charge in [-0.25, -0.2) is 8.78 Å². The van der Waals surface area contributed by atoms with Crippen molar-refractivity contribution < 1.29 is 13.6 Å². The van der Waals surface area contributed by atoms with Crippen LogP contribution in [0.25, 0.3) is 0 Å². The molecule has 21 heavy (non-hydrogen) atoms. The number of hydrogen-bond donors (Lipinski definition) is 0. The number of Topliss-reactive ketones (excluding diaryl/α,β-unsaturated/α-hetero) is 1. The van der Waals surface area contributed by atoms with E-state index in [2.05, 4.69) is 4.98 Å². The molecule has 0 aliphatic carbocycles. The molecule has 0 amide bonds. The maximum atomic E-state index is 13.7. The number of halogens is 2. The SMILES string of the molecule is CC(C(=O)c1ccc(F)cc1F)N(C)Cc1ccncc1. The average Bonchev–Trinajstić information content (AvgIpc) is 2.47. The molecule has 0 saturated heterocycles. The number of carbonyl (C=O) groups is 1. The fraction of sp³-hybridized carbons (Fsp3) is 0.250. The van der Waals surface area contributed by atoms with E-state index >= 15 is 0 Å². The summed E-state index contributed by atoms with van der Waals surface area (Å²) in [4.78, 5) is 18.0. The van der Waals surface area contributed by atoms with Crippen LogP contribution in [-0.2, 0) is 6.54 Å². The molecule has 1 aromatic carbocycles. The molecule has 0 radical (unpaired) electrons. The second-order valence-electron chi connectivity index (χ2n) is 4.93. The second-order valence-corrected chi connectivity index (χ2v) is 4.93. The number of pyridine rings is 1. The summed E-state index contributed by atoms with van der Waals surface area (Å²) in [6, 6.07) is 6.19. The van der Waals surface area contributed by atoms with Crippen molar-refractivity contribution in [3.05, 3.63) is 65.5 Å². The average molecular weight is 290 g/mol. The first-order valence-corrected chi connectivity index (χ1v) is 6.57. The van der Waals surface area contributed by atoms with Gasteiger partial charge in [-0.2, -0.15) is 0 Å². The molecule has 0 bridgehead atoms. The lowest BCUT2D eigenvalue weighted by Crippen LogP contribution is -2.36. The van der Waals surface area contributed by atoms with Gasteiger partial charge in [-0.3, -0.25) is 14.7 Å². The van der Waals surface area contributed by atoms with Crippen LogP contribution in [0.15, 0.2) is 42.7 Å². The van der Waals surface area contributed by atoms with E-state index < -0.39 is 17.7 Å². The topological polar surface area (TPSA) is 33.2 Å². The summed E-state index contributed by atoms with van der Waals surface area (Å²) >= 11 is 0. The van der Waals surface area contributed by atoms with Gasteiger partial charge in [-0.05, 0) is 43.8 Å². The van der Waals surface area contributed by atoms with E-state index in [1.54, 1.807) is 31.3 Å². The molecule has 0 aliphatic rings. The first-order chi connectivity index (χ1) is 9.99. The Kier molecular flexibility index (Phi) is 4.75. The smallest absolute Gasteiger partial charge is 0.182 e. The Morgan fingerprint density at radius 3 is 2.52 bits per heavy atom. The maximum absolute atomic E-state index is 13.7. The van der Waals surface area contributed by atoms with Crippen molar-refractivity contribution in [3.63, 3.8) is 0 Å². The molecule has 2 aromatic rings. The van der Waals surface area contributed by atoms with Gasteiger partial charge in [-0.1, -0.05) is 0 Å². The molecular weight excluding hydrogens is 274 g/mol. The van der Waals surface area contributed by atoms with E-state index in [9.17, 15) is 13.6 Å². The normalized spacial score (nSPS) is 12.4. The molecule has 5 heteroatoms. The fourth-order valence-corrected chi connectivity index (χ4v) is 2.03. The lowest BCUT2D eigenvalue weighted by atomic mass is 10.0. The summed E-state index contributed by atoms with van der Waals surface area (Å²) in [5, 5.41) is 0. The zero-order valence-electron chi connectivity index (χ0n) is 11.9. The highest BCUT2D eigenvalue weighted by atomic mass is 19.1. The largest absolute Gasteiger partial charge is 0.292 e. The van der Waals surface area contributed by atoms with Crippen LogP contribution in [0.2, 0.25) is 0 Å². The van der Waals surface area contributed by atoms with Gasteiger partial charge in [0.2, 0.25) is 0 Å². The first kappa shape index (κ1) is 15.3. The van der Waals surface area contributed by atoms with Gasteiger partial charge < -0.3 is 0 Å². The Labute approximate surface area is 122 Å². The van der Waals surface area contributed by atoms with E-state index in [1.807, 2.05) is 12.1 Å². The van der Waals surface area contributed by atoms with Gasteiger partial charge in [0, 0.05) is 25.0 Å². The van der Waals surface area contributed by atoms with Crippen LogP contribution < -0.4 is 0 Å². The van der Waals surface area contributed by atoms with Gasteiger partial charge in [0.1, 0.15) is 11.6 Å². The summed E-state index contributed by atoms with van der Waals surface area (Å²) in [5.74, 6) is -1.89. The van der Waals surface area contributed by atoms with Crippen molar-refractivity contribution in [2.45, 2.75) is 19.5 Å². The van der Waals surface area contributed by atoms with Crippen LogP contribution in [0.4, 0.5) is 8.78 Å². The Bertz CT molecular complexity index is 631. The fourth-order valence-electron chi connectivity index (χ4n) is 2.03. The molecule has 0 spiro atoms. The Morgan fingerprint density at radius 2 is 1.90 bits per heavy atom. The number of benzene rings is 1. The number of carbonyl (C=O) groups excluding carboxylic acids is 1. The van der Waals surface area contributed by atoms with Gasteiger partial charge in [-0.15, -0.1) is 0 Å². The molecule has 0 fully saturated rings. The van der Waals surface area contributed by atoms with Crippen LogP contribution in [0.5, 0.6) is 0 Å². The van der Waals surface area contributed by atoms with Gasteiger partial charge in [0.05, 0.1) is 11.6 Å². The highest BCUT2D eigenvalue weighted by Crippen LogP contribution is 2.15. The van der Waals surface area contributed by atoms with Crippen molar-refractivity contribution in [1.82, 2.24) is 9.88 Å². The minimum Gasteiger partial charge on any atom is -0.292 e. The number of likely N-dealkylation sites (N-methyl/N-ethyl adjacent to an activating group) is 1. The second kappa shape index (κ2) is 6.54. The van der Waals surface area contributed by atoms with Crippen molar-refractivity contribution in [2.24, 2.45) is 0 Å². The Hall–Kier alpha value is -2.14. The van der Waals surface area contributed by atoms with E-state index in [4.69, 9.17) is 0 Å². The van der Waals surface area contributed by atoms with E-state index in [0.29, 0.717) is 6.54 Å². The number of nitrogens with zero attached hydrogens (tertiary/aromatic N) is 2. The molecule has 0 saturated carbocycles. The molecule has 1 atom stereocenters. The summed E-state index contributed by atoms with van der Waals surface area (Å²) in [6.45, 7) is 2.24.